The van der Waals surface area contributed by atoms with Gasteiger partial charge in [-0.2, -0.15) is 0 Å². The largest absolute Gasteiger partial charge is 0.490 e. The monoisotopic (exact) mass is 459 g/mol. The van der Waals surface area contributed by atoms with Crippen LogP contribution in [0.3, 0.4) is 0 Å². The number of benzene rings is 1. The number of carbonyl (C=O) groups is 1. The van der Waals surface area contributed by atoms with Crippen LogP contribution in [-0.2, 0) is 17.6 Å². The number of nitrogens with one attached hydrogen (secondary N) is 1. The standard InChI is InChI=1S/C23H29N3O5S/c1-4-6-18-7-8-19(32-18)23-26-25-22(31-23)16-9-14(3)21(15(5-2)10-16)30-13-17(28)11-24-20(29)12-27/h7-10,17,27-28H,4-6,11-13H2,1-3H3,(H,24,29)/t17-/m0/s1. The van der Waals surface area contributed by atoms with Crippen molar-refractivity contribution >= 4 is 17.2 Å². The number of rotatable bonds is 11. The van der Waals surface area contributed by atoms with Crippen LogP contribution in [0.1, 0.15) is 36.3 Å². The fraction of sp³-hybridized carbons (Fsp3) is 0.435. The highest BCUT2D eigenvalue weighted by atomic mass is 32.1. The quantitative estimate of drug-likeness (QED) is 0.403. The summed E-state index contributed by atoms with van der Waals surface area (Å²) in [4.78, 5) is 13.4. The van der Waals surface area contributed by atoms with E-state index in [1.807, 2.05) is 32.0 Å². The molecule has 0 aliphatic heterocycles. The number of carbonyl (C=O) groups excluding carboxylic acids is 1. The Bertz CT molecular complexity index is 1050. The van der Waals surface area contributed by atoms with Crippen molar-refractivity contribution in [1.29, 1.82) is 0 Å². The van der Waals surface area contributed by atoms with E-state index in [1.54, 1.807) is 11.3 Å². The Kier molecular flexibility index (Phi) is 8.38. The van der Waals surface area contributed by atoms with Gasteiger partial charge in [-0.25, -0.2) is 0 Å². The second kappa shape index (κ2) is 11.2. The number of nitrogens with zero attached hydrogens (tertiary/aromatic N) is 2. The molecule has 32 heavy (non-hydrogen) atoms. The molecule has 0 aliphatic carbocycles. The Morgan fingerprint density at radius 3 is 2.75 bits per heavy atom. The molecule has 0 saturated heterocycles. The van der Waals surface area contributed by atoms with Gasteiger partial charge in [0.1, 0.15) is 25.1 Å². The number of ether oxygens (including phenoxy) is 1. The molecular formula is C23H29N3O5S. The van der Waals surface area contributed by atoms with Crippen LogP contribution < -0.4 is 10.1 Å². The molecule has 1 amide bonds. The summed E-state index contributed by atoms with van der Waals surface area (Å²) in [5.74, 6) is 1.10. The first-order valence-corrected chi connectivity index (χ1v) is 11.5. The maximum Gasteiger partial charge on any atom is 0.258 e. The van der Waals surface area contributed by atoms with Gasteiger partial charge in [0.05, 0.1) is 4.88 Å². The van der Waals surface area contributed by atoms with Crippen molar-refractivity contribution in [1.82, 2.24) is 15.5 Å². The number of aryl methyl sites for hydroxylation is 3. The lowest BCUT2D eigenvalue weighted by Crippen LogP contribution is -2.36. The molecule has 9 heteroatoms. The second-order valence-electron chi connectivity index (χ2n) is 7.49. The molecule has 8 nitrogen and oxygen atoms in total. The summed E-state index contributed by atoms with van der Waals surface area (Å²) in [5.41, 5.74) is 2.64. The van der Waals surface area contributed by atoms with Crippen LogP contribution in [0, 0.1) is 6.92 Å². The van der Waals surface area contributed by atoms with Crippen LogP contribution in [0.15, 0.2) is 28.7 Å². The van der Waals surface area contributed by atoms with Gasteiger partial charge in [-0.1, -0.05) is 20.3 Å². The van der Waals surface area contributed by atoms with E-state index in [4.69, 9.17) is 14.3 Å². The van der Waals surface area contributed by atoms with Crippen molar-refractivity contribution in [3.8, 4) is 28.0 Å². The number of hydrogen-bond donors (Lipinski definition) is 3. The van der Waals surface area contributed by atoms with Crippen LogP contribution in [0.25, 0.3) is 22.2 Å². The number of amides is 1. The van der Waals surface area contributed by atoms with Crippen LogP contribution in [0.2, 0.25) is 0 Å². The molecule has 3 N–H and O–H groups in total. The number of thiophene rings is 1. The zero-order valence-electron chi connectivity index (χ0n) is 18.6. The van der Waals surface area contributed by atoms with Gasteiger partial charge in [-0.15, -0.1) is 21.5 Å². The molecule has 172 valence electrons. The highest BCUT2D eigenvalue weighted by molar-refractivity contribution is 7.15. The smallest absolute Gasteiger partial charge is 0.258 e. The third-order valence-corrected chi connectivity index (χ3v) is 6.00. The average molecular weight is 460 g/mol. The minimum absolute atomic E-state index is 0.00539. The van der Waals surface area contributed by atoms with E-state index in [9.17, 15) is 9.90 Å². The first-order valence-electron chi connectivity index (χ1n) is 10.7. The summed E-state index contributed by atoms with van der Waals surface area (Å²) in [5, 5.41) is 29.6. The zero-order valence-corrected chi connectivity index (χ0v) is 19.4. The molecule has 0 saturated carbocycles. The normalized spacial score (nSPS) is 12.0. The molecular weight excluding hydrogens is 430 g/mol. The summed E-state index contributed by atoms with van der Waals surface area (Å²) < 4.78 is 11.8. The van der Waals surface area contributed by atoms with Crippen molar-refractivity contribution in [3.63, 3.8) is 0 Å². The Hall–Kier alpha value is -2.75. The summed E-state index contributed by atoms with van der Waals surface area (Å²) in [7, 11) is 0. The lowest BCUT2D eigenvalue weighted by atomic mass is 10.0. The zero-order chi connectivity index (χ0) is 23.1. The summed E-state index contributed by atoms with van der Waals surface area (Å²) in [6.45, 7) is 5.50. The minimum atomic E-state index is -0.892. The average Bonchev–Trinajstić information content (AvgIpc) is 3.46. The summed E-state index contributed by atoms with van der Waals surface area (Å²) in [6, 6.07) is 7.99. The Balaban J connectivity index is 1.73. The van der Waals surface area contributed by atoms with Crippen molar-refractivity contribution < 1.29 is 24.2 Å². The minimum Gasteiger partial charge on any atom is -0.490 e. The third kappa shape index (κ3) is 5.93. The SMILES string of the molecule is CCCc1ccc(-c2nnc(-c3cc(C)c(OC[C@@H](O)CNC(=O)CO)c(CC)c3)o2)s1. The molecule has 0 spiro atoms. The van der Waals surface area contributed by atoms with Crippen LogP contribution in [0.4, 0.5) is 0 Å². The molecule has 1 atom stereocenters. The van der Waals surface area contributed by atoms with E-state index in [2.05, 4.69) is 28.5 Å². The third-order valence-electron chi connectivity index (χ3n) is 4.87. The maximum atomic E-state index is 11.1. The molecule has 0 unspecified atom stereocenters. The fourth-order valence-electron chi connectivity index (χ4n) is 3.28. The Morgan fingerprint density at radius 2 is 2.03 bits per heavy atom. The topological polar surface area (TPSA) is 118 Å². The number of aromatic nitrogens is 2. The predicted molar refractivity (Wildman–Crippen MR) is 123 cm³/mol. The maximum absolute atomic E-state index is 11.1. The predicted octanol–water partition coefficient (Wildman–Crippen LogP) is 3.14. The van der Waals surface area contributed by atoms with E-state index in [-0.39, 0.29) is 13.2 Å². The van der Waals surface area contributed by atoms with Crippen molar-refractivity contribution in [3.05, 3.63) is 40.3 Å². The first-order chi connectivity index (χ1) is 15.4. The Labute approximate surface area is 191 Å². The second-order valence-corrected chi connectivity index (χ2v) is 8.66. The Morgan fingerprint density at radius 1 is 1.25 bits per heavy atom. The number of aliphatic hydroxyl groups excluding tert-OH is 2. The van der Waals surface area contributed by atoms with Crippen molar-refractivity contribution in [2.75, 3.05) is 19.8 Å². The molecule has 0 radical (unpaired) electrons. The van der Waals surface area contributed by atoms with E-state index in [0.717, 1.165) is 34.4 Å². The lowest BCUT2D eigenvalue weighted by molar-refractivity contribution is -0.124. The molecule has 0 aliphatic rings. The number of hydrogen-bond acceptors (Lipinski definition) is 8. The van der Waals surface area contributed by atoms with Crippen molar-refractivity contribution in [2.24, 2.45) is 0 Å². The highest BCUT2D eigenvalue weighted by Gasteiger charge is 2.17. The molecule has 0 fully saturated rings. The van der Waals surface area contributed by atoms with Crippen LogP contribution in [0.5, 0.6) is 5.75 Å². The van der Waals surface area contributed by atoms with Gasteiger partial charge in [0.15, 0.2) is 0 Å². The van der Waals surface area contributed by atoms with Gasteiger partial charge in [0, 0.05) is 17.0 Å². The molecule has 0 bridgehead atoms. The van der Waals surface area contributed by atoms with Crippen LogP contribution >= 0.6 is 11.3 Å². The summed E-state index contributed by atoms with van der Waals surface area (Å²) >= 11 is 1.67. The van der Waals surface area contributed by atoms with Gasteiger partial charge >= 0.3 is 0 Å². The van der Waals surface area contributed by atoms with E-state index >= 15 is 0 Å². The molecule has 3 aromatic rings. The van der Waals surface area contributed by atoms with Gasteiger partial charge in [-0.3, -0.25) is 4.79 Å². The van der Waals surface area contributed by atoms with Gasteiger partial charge in [0.2, 0.25) is 11.8 Å². The van der Waals surface area contributed by atoms with Crippen molar-refractivity contribution in [2.45, 2.75) is 46.1 Å². The summed E-state index contributed by atoms with van der Waals surface area (Å²) in [6.07, 6.45) is 1.95. The molecule has 1 aromatic carbocycles. The van der Waals surface area contributed by atoms with E-state index in [0.29, 0.717) is 24.0 Å². The van der Waals surface area contributed by atoms with Crippen LogP contribution in [-0.4, -0.2) is 52.2 Å². The van der Waals surface area contributed by atoms with E-state index < -0.39 is 18.6 Å². The van der Waals surface area contributed by atoms with Gasteiger partial charge in [0.25, 0.3) is 5.89 Å². The molecule has 3 rings (SSSR count). The number of aliphatic hydroxyl groups is 2. The van der Waals surface area contributed by atoms with Gasteiger partial charge in [-0.05, 0) is 55.2 Å². The lowest BCUT2D eigenvalue weighted by Gasteiger charge is -2.17. The van der Waals surface area contributed by atoms with Gasteiger partial charge < -0.3 is 24.7 Å². The fourth-order valence-corrected chi connectivity index (χ4v) is 4.31. The highest BCUT2D eigenvalue weighted by Crippen LogP contribution is 2.33. The first kappa shape index (κ1) is 23.9. The molecule has 2 heterocycles. The molecule has 2 aromatic heterocycles. The van der Waals surface area contributed by atoms with E-state index in [1.165, 1.54) is 4.88 Å².